The largest absolute Gasteiger partial charge is 0.497 e. The first-order valence-electron chi connectivity index (χ1n) is 8.73. The maximum atomic E-state index is 10.9. The SMILES string of the molecule is COc1ccc(-n2nc(-c3ccc([N+](=O)[O-])cc3)sc2=Nc2ccccc2)cc1. The van der Waals surface area contributed by atoms with E-state index in [0.717, 1.165) is 22.7 Å². The highest BCUT2D eigenvalue weighted by atomic mass is 32.1. The van der Waals surface area contributed by atoms with Crippen molar-refractivity contribution < 1.29 is 9.66 Å². The molecule has 4 rings (SSSR count). The molecule has 0 N–H and O–H groups in total. The summed E-state index contributed by atoms with van der Waals surface area (Å²) in [7, 11) is 1.62. The summed E-state index contributed by atoms with van der Waals surface area (Å²) in [6.45, 7) is 0. The molecule has 0 saturated carbocycles. The lowest BCUT2D eigenvalue weighted by molar-refractivity contribution is -0.384. The van der Waals surface area contributed by atoms with Gasteiger partial charge in [-0.3, -0.25) is 10.1 Å². The summed E-state index contributed by atoms with van der Waals surface area (Å²) in [5.74, 6) is 0.752. The van der Waals surface area contributed by atoms with Crippen LogP contribution in [0.2, 0.25) is 0 Å². The molecule has 0 amide bonds. The Hall–Kier alpha value is -3.78. The fourth-order valence-electron chi connectivity index (χ4n) is 2.70. The zero-order chi connectivity index (χ0) is 20.2. The van der Waals surface area contributed by atoms with E-state index in [9.17, 15) is 10.1 Å². The van der Waals surface area contributed by atoms with E-state index >= 15 is 0 Å². The molecule has 144 valence electrons. The van der Waals surface area contributed by atoms with Gasteiger partial charge in [-0.2, -0.15) is 5.10 Å². The van der Waals surface area contributed by atoms with Crippen LogP contribution in [0, 0.1) is 10.1 Å². The highest BCUT2D eigenvalue weighted by Crippen LogP contribution is 2.24. The standard InChI is InChI=1S/C21H16N4O3S/c1-28-19-13-11-17(12-14-19)24-21(22-16-5-3-2-4-6-16)29-20(23-24)15-7-9-18(10-8-15)25(26)27/h2-14H,1H3. The molecule has 0 aliphatic heterocycles. The van der Waals surface area contributed by atoms with Crippen molar-refractivity contribution in [3.05, 3.63) is 93.8 Å². The lowest BCUT2D eigenvalue weighted by Crippen LogP contribution is -2.13. The first kappa shape index (κ1) is 18.6. The number of non-ortho nitro benzene ring substituents is 1. The monoisotopic (exact) mass is 404 g/mol. The van der Waals surface area contributed by atoms with Gasteiger partial charge < -0.3 is 4.74 Å². The van der Waals surface area contributed by atoms with Crippen LogP contribution in [0.15, 0.2) is 83.9 Å². The Morgan fingerprint density at radius 1 is 1.00 bits per heavy atom. The number of nitro groups is 1. The van der Waals surface area contributed by atoms with Gasteiger partial charge in [-0.1, -0.05) is 29.5 Å². The van der Waals surface area contributed by atoms with Crippen molar-refractivity contribution in [1.82, 2.24) is 9.78 Å². The Balaban J connectivity index is 1.83. The predicted molar refractivity (Wildman–Crippen MR) is 112 cm³/mol. The molecule has 0 aliphatic carbocycles. The van der Waals surface area contributed by atoms with E-state index in [-0.39, 0.29) is 5.69 Å². The molecule has 3 aromatic carbocycles. The van der Waals surface area contributed by atoms with Crippen molar-refractivity contribution in [3.8, 4) is 22.0 Å². The van der Waals surface area contributed by atoms with Crippen LogP contribution >= 0.6 is 11.3 Å². The summed E-state index contributed by atoms with van der Waals surface area (Å²) in [5.41, 5.74) is 2.48. The van der Waals surface area contributed by atoms with Crippen LogP contribution in [0.25, 0.3) is 16.3 Å². The van der Waals surface area contributed by atoms with Crippen molar-refractivity contribution in [2.75, 3.05) is 7.11 Å². The minimum Gasteiger partial charge on any atom is -0.497 e. The van der Waals surface area contributed by atoms with Gasteiger partial charge >= 0.3 is 0 Å². The predicted octanol–water partition coefficient (Wildman–Crippen LogP) is 4.75. The molecule has 29 heavy (non-hydrogen) atoms. The zero-order valence-electron chi connectivity index (χ0n) is 15.4. The van der Waals surface area contributed by atoms with Gasteiger partial charge in [0, 0.05) is 17.7 Å². The fourth-order valence-corrected chi connectivity index (χ4v) is 3.63. The maximum Gasteiger partial charge on any atom is 0.269 e. The number of rotatable bonds is 5. The third-order valence-electron chi connectivity index (χ3n) is 4.18. The number of hydrogen-bond acceptors (Lipinski definition) is 6. The Labute approximate surface area is 170 Å². The second-order valence-electron chi connectivity index (χ2n) is 6.05. The topological polar surface area (TPSA) is 82.5 Å². The zero-order valence-corrected chi connectivity index (χ0v) is 16.2. The van der Waals surface area contributed by atoms with Crippen LogP contribution < -0.4 is 9.54 Å². The number of aromatic nitrogens is 2. The van der Waals surface area contributed by atoms with E-state index in [2.05, 4.69) is 0 Å². The summed E-state index contributed by atoms with van der Waals surface area (Å²) in [4.78, 5) is 15.9. The highest BCUT2D eigenvalue weighted by molar-refractivity contribution is 7.12. The molecule has 0 radical (unpaired) electrons. The molecule has 8 heteroatoms. The molecule has 0 atom stereocenters. The fraction of sp³-hybridized carbons (Fsp3) is 0.0476. The van der Waals surface area contributed by atoms with Crippen LogP contribution in [-0.2, 0) is 0 Å². The minimum absolute atomic E-state index is 0.0440. The van der Waals surface area contributed by atoms with E-state index in [1.54, 1.807) is 23.9 Å². The normalized spacial score (nSPS) is 11.4. The molecule has 0 spiro atoms. The smallest absolute Gasteiger partial charge is 0.269 e. The van der Waals surface area contributed by atoms with Crippen LogP contribution in [-0.4, -0.2) is 21.8 Å². The quantitative estimate of drug-likeness (QED) is 0.355. The molecule has 0 fully saturated rings. The first-order valence-corrected chi connectivity index (χ1v) is 9.55. The lowest BCUT2D eigenvalue weighted by Gasteiger charge is -2.03. The van der Waals surface area contributed by atoms with Crippen LogP contribution in [0.4, 0.5) is 11.4 Å². The van der Waals surface area contributed by atoms with Gasteiger partial charge in [0.2, 0.25) is 4.80 Å². The average molecular weight is 404 g/mol. The van der Waals surface area contributed by atoms with Gasteiger partial charge in [0.15, 0.2) is 0 Å². The molecule has 0 unspecified atom stereocenters. The van der Waals surface area contributed by atoms with Gasteiger partial charge in [0.25, 0.3) is 5.69 Å². The van der Waals surface area contributed by atoms with E-state index in [1.807, 2.05) is 54.6 Å². The number of para-hydroxylation sites is 1. The Bertz CT molecular complexity index is 1200. The average Bonchev–Trinajstić information content (AvgIpc) is 3.18. The van der Waals surface area contributed by atoms with Gasteiger partial charge in [0.05, 0.1) is 23.4 Å². The number of methoxy groups -OCH3 is 1. The number of benzene rings is 3. The minimum atomic E-state index is -0.417. The van der Waals surface area contributed by atoms with Crippen LogP contribution in [0.1, 0.15) is 0 Å². The molecule has 1 heterocycles. The van der Waals surface area contributed by atoms with Gasteiger partial charge in [-0.15, -0.1) is 0 Å². The van der Waals surface area contributed by atoms with Gasteiger partial charge in [-0.25, -0.2) is 9.67 Å². The molecular weight excluding hydrogens is 388 g/mol. The van der Waals surface area contributed by atoms with E-state index in [1.165, 1.54) is 23.5 Å². The second kappa shape index (κ2) is 8.07. The second-order valence-corrected chi connectivity index (χ2v) is 7.01. The molecule has 0 aliphatic rings. The number of nitrogens with zero attached hydrogens (tertiary/aromatic N) is 4. The third kappa shape index (κ3) is 4.07. The number of ether oxygens (including phenoxy) is 1. The van der Waals surface area contributed by atoms with Crippen molar-refractivity contribution in [3.63, 3.8) is 0 Å². The van der Waals surface area contributed by atoms with Gasteiger partial charge in [0.1, 0.15) is 10.8 Å². The molecular formula is C21H16N4O3S. The molecule has 1 aromatic heterocycles. The summed E-state index contributed by atoms with van der Waals surface area (Å²) in [6, 6.07) is 23.5. The van der Waals surface area contributed by atoms with Crippen molar-refractivity contribution in [1.29, 1.82) is 0 Å². The van der Waals surface area contributed by atoms with Crippen molar-refractivity contribution in [2.24, 2.45) is 4.99 Å². The lowest BCUT2D eigenvalue weighted by atomic mass is 10.2. The van der Waals surface area contributed by atoms with E-state index in [4.69, 9.17) is 14.8 Å². The maximum absolute atomic E-state index is 10.9. The highest BCUT2D eigenvalue weighted by Gasteiger charge is 2.12. The van der Waals surface area contributed by atoms with E-state index < -0.39 is 4.92 Å². The Morgan fingerprint density at radius 2 is 1.69 bits per heavy atom. The first-order chi connectivity index (χ1) is 14.1. The summed E-state index contributed by atoms with van der Waals surface area (Å²) in [6.07, 6.45) is 0. The third-order valence-corrected chi connectivity index (χ3v) is 5.14. The van der Waals surface area contributed by atoms with Crippen molar-refractivity contribution in [2.45, 2.75) is 0 Å². The Kier molecular flexibility index (Phi) is 5.17. The van der Waals surface area contributed by atoms with Crippen LogP contribution in [0.5, 0.6) is 5.75 Å². The summed E-state index contributed by atoms with van der Waals surface area (Å²) >= 11 is 1.41. The van der Waals surface area contributed by atoms with Gasteiger partial charge in [-0.05, 0) is 48.5 Å². The molecule has 0 saturated heterocycles. The molecule has 0 bridgehead atoms. The summed E-state index contributed by atoms with van der Waals surface area (Å²) < 4.78 is 6.99. The Morgan fingerprint density at radius 3 is 2.31 bits per heavy atom. The van der Waals surface area contributed by atoms with E-state index in [0.29, 0.717) is 9.81 Å². The number of hydrogen-bond donors (Lipinski definition) is 0. The van der Waals surface area contributed by atoms with Crippen LogP contribution in [0.3, 0.4) is 0 Å². The van der Waals surface area contributed by atoms with Crippen molar-refractivity contribution >= 4 is 22.7 Å². The molecule has 7 nitrogen and oxygen atoms in total. The summed E-state index contributed by atoms with van der Waals surface area (Å²) in [5, 5.41) is 16.3. The molecule has 4 aromatic rings. The number of nitro benzene ring substituents is 1.